The minimum absolute atomic E-state index is 0.0549. The van der Waals surface area contributed by atoms with Crippen LogP contribution in [0, 0.1) is 0 Å². The second-order valence-electron chi connectivity index (χ2n) is 5.31. The van der Waals surface area contributed by atoms with Crippen LogP contribution < -0.4 is 16.2 Å². The fourth-order valence-electron chi connectivity index (χ4n) is 2.27. The van der Waals surface area contributed by atoms with Gasteiger partial charge in [-0.3, -0.25) is 25.2 Å². The van der Waals surface area contributed by atoms with Crippen molar-refractivity contribution in [3.8, 4) is 0 Å². The summed E-state index contributed by atoms with van der Waals surface area (Å²) in [5, 5.41) is 2.64. The third-order valence-corrected chi connectivity index (χ3v) is 4.99. The van der Waals surface area contributed by atoms with E-state index in [9.17, 15) is 14.4 Å². The Morgan fingerprint density at radius 2 is 1.92 bits per heavy atom. The van der Waals surface area contributed by atoms with Crippen molar-refractivity contribution in [1.29, 1.82) is 0 Å². The Bertz CT molecular complexity index is 843. The highest BCUT2D eigenvalue weighted by Crippen LogP contribution is 2.36. The first-order valence-corrected chi connectivity index (χ1v) is 8.70. The molecule has 3 rings (SSSR count). The molecule has 2 aromatic carbocycles. The Morgan fingerprint density at radius 3 is 2.72 bits per heavy atom. The molecule has 0 radical (unpaired) electrons. The molecule has 25 heavy (non-hydrogen) atoms. The van der Waals surface area contributed by atoms with Gasteiger partial charge in [0.15, 0.2) is 0 Å². The Morgan fingerprint density at radius 1 is 1.12 bits per heavy atom. The number of carbonyl (C=O) groups excluding carboxylic acids is 3. The summed E-state index contributed by atoms with van der Waals surface area (Å²) < 4.78 is 0. The lowest BCUT2D eigenvalue weighted by atomic mass is 10.2. The van der Waals surface area contributed by atoms with Crippen molar-refractivity contribution in [2.24, 2.45) is 0 Å². The van der Waals surface area contributed by atoms with E-state index in [0.29, 0.717) is 10.6 Å². The van der Waals surface area contributed by atoms with E-state index >= 15 is 0 Å². The maximum Gasteiger partial charge on any atom is 0.269 e. The van der Waals surface area contributed by atoms with Gasteiger partial charge < -0.3 is 5.32 Å². The Kier molecular flexibility index (Phi) is 5.25. The number of nitrogens with one attached hydrogen (secondary N) is 3. The van der Waals surface area contributed by atoms with E-state index in [1.165, 1.54) is 17.8 Å². The summed E-state index contributed by atoms with van der Waals surface area (Å²) in [6, 6.07) is 13.7. The van der Waals surface area contributed by atoms with Gasteiger partial charge >= 0.3 is 0 Å². The fourth-order valence-corrected chi connectivity index (χ4v) is 3.58. The van der Waals surface area contributed by atoms with E-state index in [1.54, 1.807) is 18.2 Å². The number of hydrogen-bond donors (Lipinski definition) is 3. The van der Waals surface area contributed by atoms with Crippen molar-refractivity contribution in [2.45, 2.75) is 16.6 Å². The summed E-state index contributed by atoms with van der Waals surface area (Å²) in [4.78, 5) is 37.0. The summed E-state index contributed by atoms with van der Waals surface area (Å²) in [6.45, 7) is 0. The molecule has 0 bridgehead atoms. The van der Waals surface area contributed by atoms with Gasteiger partial charge in [-0.15, -0.1) is 11.8 Å². The van der Waals surface area contributed by atoms with Crippen LogP contribution in [0.2, 0.25) is 5.02 Å². The molecule has 0 fully saturated rings. The van der Waals surface area contributed by atoms with Crippen LogP contribution >= 0.6 is 23.4 Å². The van der Waals surface area contributed by atoms with Gasteiger partial charge in [0.2, 0.25) is 11.8 Å². The molecule has 6 nitrogen and oxygen atoms in total. The fraction of sp³-hybridized carbons (Fsp3) is 0.118. The monoisotopic (exact) mass is 375 g/mol. The third-order valence-electron chi connectivity index (χ3n) is 3.48. The highest BCUT2D eigenvalue weighted by molar-refractivity contribution is 8.01. The molecule has 0 spiro atoms. The topological polar surface area (TPSA) is 87.3 Å². The normalized spacial score (nSPS) is 15.7. The lowest BCUT2D eigenvalue weighted by Gasteiger charge is -2.23. The standard InChI is InChI=1S/C17H14ClN3O3S/c18-11-5-3-4-10(8-11)16(23)21-20-15(22)9-14-17(24)19-12-6-1-2-7-13(12)25-14/h1-8,14H,9H2,(H,19,24)(H,20,22)(H,21,23)/t14-/m1/s1. The number of thioether (sulfide) groups is 1. The zero-order valence-electron chi connectivity index (χ0n) is 12.9. The van der Waals surface area contributed by atoms with E-state index in [2.05, 4.69) is 16.2 Å². The van der Waals surface area contributed by atoms with Crippen molar-refractivity contribution >= 4 is 46.8 Å². The highest BCUT2D eigenvalue weighted by atomic mass is 35.5. The zero-order valence-corrected chi connectivity index (χ0v) is 14.5. The predicted octanol–water partition coefficient (Wildman–Crippen LogP) is 2.60. The first-order valence-electron chi connectivity index (χ1n) is 7.44. The molecule has 1 atom stereocenters. The molecule has 3 N–H and O–H groups in total. The maximum atomic E-state index is 12.1. The number of fused-ring (bicyclic) bond motifs is 1. The van der Waals surface area contributed by atoms with Gasteiger partial charge in [0.1, 0.15) is 0 Å². The van der Waals surface area contributed by atoms with Crippen LogP contribution in [0.15, 0.2) is 53.4 Å². The number of halogens is 1. The molecule has 1 aliphatic rings. The minimum atomic E-state index is -0.557. The van der Waals surface area contributed by atoms with Crippen LogP contribution in [0.3, 0.4) is 0 Å². The average Bonchev–Trinajstić information content (AvgIpc) is 2.60. The zero-order chi connectivity index (χ0) is 17.8. The Hall–Kier alpha value is -2.51. The van der Waals surface area contributed by atoms with E-state index < -0.39 is 17.1 Å². The summed E-state index contributed by atoms with van der Waals surface area (Å²) in [5.41, 5.74) is 5.69. The number of amides is 3. The van der Waals surface area contributed by atoms with Crippen LogP contribution in [0.4, 0.5) is 5.69 Å². The summed E-state index contributed by atoms with van der Waals surface area (Å²) in [7, 11) is 0. The summed E-state index contributed by atoms with van der Waals surface area (Å²) in [5.74, 6) is -1.18. The van der Waals surface area contributed by atoms with E-state index in [1.807, 2.05) is 24.3 Å². The van der Waals surface area contributed by atoms with Gasteiger partial charge in [-0.2, -0.15) is 0 Å². The quantitative estimate of drug-likeness (QED) is 0.719. The number of hydrogen-bond acceptors (Lipinski definition) is 4. The highest BCUT2D eigenvalue weighted by Gasteiger charge is 2.28. The minimum Gasteiger partial charge on any atom is -0.324 e. The number of carbonyl (C=O) groups is 3. The largest absolute Gasteiger partial charge is 0.324 e. The van der Waals surface area contributed by atoms with Crippen molar-refractivity contribution in [3.63, 3.8) is 0 Å². The Labute approximate surface area is 153 Å². The molecule has 0 saturated heterocycles. The molecule has 3 amide bonds. The molecule has 128 valence electrons. The molecule has 0 aliphatic carbocycles. The molecular weight excluding hydrogens is 362 g/mol. The molecule has 2 aromatic rings. The number of rotatable bonds is 3. The first kappa shape index (κ1) is 17.3. The second-order valence-corrected chi connectivity index (χ2v) is 6.99. The molecule has 0 saturated carbocycles. The van der Waals surface area contributed by atoms with E-state index in [-0.39, 0.29) is 12.3 Å². The average molecular weight is 376 g/mol. The number of anilines is 1. The van der Waals surface area contributed by atoms with Gasteiger partial charge in [0.05, 0.1) is 10.9 Å². The SMILES string of the molecule is O=C(C[C@H]1Sc2ccccc2NC1=O)NNC(=O)c1cccc(Cl)c1. The molecule has 0 aromatic heterocycles. The number of hydrazine groups is 1. The molecule has 1 heterocycles. The predicted molar refractivity (Wildman–Crippen MR) is 96.4 cm³/mol. The maximum absolute atomic E-state index is 12.1. The van der Waals surface area contributed by atoms with Crippen molar-refractivity contribution in [1.82, 2.24) is 10.9 Å². The Balaban J connectivity index is 1.54. The summed E-state index contributed by atoms with van der Waals surface area (Å²) >= 11 is 7.15. The van der Waals surface area contributed by atoms with Crippen LogP contribution in [-0.4, -0.2) is 23.0 Å². The van der Waals surface area contributed by atoms with E-state index in [0.717, 1.165) is 10.6 Å². The van der Waals surface area contributed by atoms with Crippen molar-refractivity contribution in [3.05, 3.63) is 59.1 Å². The van der Waals surface area contributed by atoms with Gasteiger partial charge in [0, 0.05) is 21.9 Å². The van der Waals surface area contributed by atoms with Crippen LogP contribution in [-0.2, 0) is 9.59 Å². The van der Waals surface area contributed by atoms with Crippen LogP contribution in [0.25, 0.3) is 0 Å². The second kappa shape index (κ2) is 7.58. The van der Waals surface area contributed by atoms with E-state index in [4.69, 9.17) is 11.6 Å². The smallest absolute Gasteiger partial charge is 0.269 e. The van der Waals surface area contributed by atoms with Crippen LogP contribution in [0.5, 0.6) is 0 Å². The van der Waals surface area contributed by atoms with Crippen molar-refractivity contribution < 1.29 is 14.4 Å². The first-order chi connectivity index (χ1) is 12.0. The number of benzene rings is 2. The molecule has 1 aliphatic heterocycles. The third kappa shape index (κ3) is 4.32. The van der Waals surface area contributed by atoms with Gasteiger partial charge in [-0.05, 0) is 30.3 Å². The lowest BCUT2D eigenvalue weighted by molar-refractivity contribution is -0.124. The van der Waals surface area contributed by atoms with Gasteiger partial charge in [0.25, 0.3) is 5.91 Å². The lowest BCUT2D eigenvalue weighted by Crippen LogP contribution is -2.44. The van der Waals surface area contributed by atoms with Gasteiger partial charge in [-0.1, -0.05) is 29.8 Å². The summed E-state index contributed by atoms with van der Waals surface area (Å²) in [6.07, 6.45) is -0.0549. The molecular formula is C17H14ClN3O3S. The molecule has 0 unspecified atom stereocenters. The van der Waals surface area contributed by atoms with Crippen molar-refractivity contribution in [2.75, 3.05) is 5.32 Å². The molecule has 8 heteroatoms. The van der Waals surface area contributed by atoms with Gasteiger partial charge in [-0.25, -0.2) is 0 Å². The number of para-hydroxylation sites is 1. The van der Waals surface area contributed by atoms with Crippen LogP contribution in [0.1, 0.15) is 16.8 Å².